The van der Waals surface area contributed by atoms with Crippen molar-refractivity contribution in [3.8, 4) is 0 Å². The molecule has 0 saturated carbocycles. The molecule has 118 valence electrons. The van der Waals surface area contributed by atoms with Crippen LogP contribution in [-0.4, -0.2) is 61.0 Å². The lowest BCUT2D eigenvalue weighted by Crippen LogP contribution is -2.45. The average Bonchev–Trinajstić information content (AvgIpc) is 2.97. The summed E-state index contributed by atoms with van der Waals surface area (Å²) < 4.78 is 10.4. The first-order chi connectivity index (χ1) is 9.53. The highest BCUT2D eigenvalue weighted by molar-refractivity contribution is 5.69. The number of carbonyl (C=O) groups is 1. The van der Waals surface area contributed by atoms with E-state index in [0.29, 0.717) is 32.4 Å². The van der Waals surface area contributed by atoms with E-state index in [1.54, 1.807) is 0 Å². The van der Waals surface area contributed by atoms with Gasteiger partial charge in [0.15, 0.2) is 0 Å². The van der Waals surface area contributed by atoms with Crippen molar-refractivity contribution in [1.82, 2.24) is 4.90 Å². The number of carbonyl (C=O) groups excluding carboxylic acids is 1. The highest BCUT2D eigenvalue weighted by atomic mass is 16.5. The van der Waals surface area contributed by atoms with Crippen LogP contribution in [0.4, 0.5) is 0 Å². The summed E-state index contributed by atoms with van der Waals surface area (Å²) in [5.74, 6) is -0.209. The van der Waals surface area contributed by atoms with Crippen LogP contribution in [0.1, 0.15) is 46.0 Å². The molecule has 0 bridgehead atoms. The van der Waals surface area contributed by atoms with E-state index in [1.165, 1.54) is 7.11 Å². The van der Waals surface area contributed by atoms with Crippen LogP contribution in [0.3, 0.4) is 0 Å². The van der Waals surface area contributed by atoms with Gasteiger partial charge in [0.05, 0.1) is 25.2 Å². The molecule has 1 fully saturated rings. The molecule has 20 heavy (non-hydrogen) atoms. The van der Waals surface area contributed by atoms with E-state index >= 15 is 0 Å². The van der Waals surface area contributed by atoms with Crippen molar-refractivity contribution in [1.29, 1.82) is 0 Å². The fourth-order valence-electron chi connectivity index (χ4n) is 2.55. The molecule has 0 aromatic carbocycles. The summed E-state index contributed by atoms with van der Waals surface area (Å²) in [5, 5.41) is 10.5. The van der Waals surface area contributed by atoms with E-state index < -0.39 is 5.60 Å². The van der Waals surface area contributed by atoms with E-state index in [-0.39, 0.29) is 12.1 Å². The predicted molar refractivity (Wildman–Crippen MR) is 77.6 cm³/mol. The number of hydrogen-bond acceptors (Lipinski definition) is 5. The summed E-state index contributed by atoms with van der Waals surface area (Å²) in [6.45, 7) is 6.77. The minimum absolute atomic E-state index is 0.209. The monoisotopic (exact) mass is 287 g/mol. The van der Waals surface area contributed by atoms with Crippen molar-refractivity contribution < 1.29 is 19.4 Å². The van der Waals surface area contributed by atoms with Gasteiger partial charge >= 0.3 is 5.97 Å². The van der Waals surface area contributed by atoms with E-state index in [9.17, 15) is 9.90 Å². The smallest absolute Gasteiger partial charge is 0.306 e. The minimum atomic E-state index is -0.686. The zero-order valence-electron chi connectivity index (χ0n) is 13.1. The number of aliphatic hydroxyl groups is 1. The predicted octanol–water partition coefficient (Wildman–Crippen LogP) is 1.58. The highest BCUT2D eigenvalue weighted by Gasteiger charge is 2.28. The molecular weight excluding hydrogens is 258 g/mol. The van der Waals surface area contributed by atoms with Gasteiger partial charge in [-0.1, -0.05) is 13.8 Å². The first-order valence-corrected chi connectivity index (χ1v) is 7.66. The lowest BCUT2D eigenvalue weighted by Gasteiger charge is -2.34. The fraction of sp³-hybridized carbons (Fsp3) is 0.933. The average molecular weight is 287 g/mol. The van der Waals surface area contributed by atoms with Gasteiger partial charge in [-0.05, 0) is 25.7 Å². The number of rotatable bonds is 9. The topological polar surface area (TPSA) is 59.0 Å². The molecule has 0 aromatic rings. The second-order valence-corrected chi connectivity index (χ2v) is 5.63. The number of esters is 1. The van der Waals surface area contributed by atoms with Gasteiger partial charge in [0.1, 0.15) is 0 Å². The molecule has 1 aliphatic rings. The Hall–Kier alpha value is -0.650. The molecule has 0 aromatic heterocycles. The van der Waals surface area contributed by atoms with Gasteiger partial charge in [0.2, 0.25) is 0 Å². The third kappa shape index (κ3) is 5.77. The van der Waals surface area contributed by atoms with Gasteiger partial charge in [-0.25, -0.2) is 0 Å². The van der Waals surface area contributed by atoms with Crippen LogP contribution in [0.2, 0.25) is 0 Å². The number of methoxy groups -OCH3 is 1. The Bertz CT molecular complexity index is 286. The van der Waals surface area contributed by atoms with E-state index in [0.717, 1.165) is 26.0 Å². The largest absolute Gasteiger partial charge is 0.469 e. The Labute approximate surface area is 122 Å². The van der Waals surface area contributed by atoms with Gasteiger partial charge in [-0.3, -0.25) is 9.69 Å². The summed E-state index contributed by atoms with van der Waals surface area (Å²) in [7, 11) is 1.40. The normalized spacial score (nSPS) is 19.6. The summed E-state index contributed by atoms with van der Waals surface area (Å²) >= 11 is 0. The van der Waals surface area contributed by atoms with E-state index in [1.807, 2.05) is 13.8 Å². The highest BCUT2D eigenvalue weighted by Crippen LogP contribution is 2.19. The SMILES string of the molecule is CCC(O)(CC)CN(CCC(=O)OC)CC1CCCO1. The van der Waals surface area contributed by atoms with Crippen molar-refractivity contribution in [2.45, 2.75) is 57.7 Å². The standard InChI is InChI=1S/C15H29NO4/c1-4-15(18,5-2)12-16(9-8-14(17)19-3)11-13-7-6-10-20-13/h13,18H,4-12H2,1-3H3. The van der Waals surface area contributed by atoms with Gasteiger partial charge in [-0.15, -0.1) is 0 Å². The van der Waals surface area contributed by atoms with Crippen LogP contribution >= 0.6 is 0 Å². The molecule has 0 aliphatic carbocycles. The maximum Gasteiger partial charge on any atom is 0.306 e. The van der Waals surface area contributed by atoms with Crippen LogP contribution in [0.15, 0.2) is 0 Å². The lowest BCUT2D eigenvalue weighted by atomic mass is 9.96. The quantitative estimate of drug-likeness (QED) is 0.653. The maximum atomic E-state index is 11.3. The van der Waals surface area contributed by atoms with Gasteiger partial charge in [0.25, 0.3) is 0 Å². The van der Waals surface area contributed by atoms with E-state index in [2.05, 4.69) is 4.90 Å². The molecule has 1 rings (SSSR count). The molecule has 1 N–H and O–H groups in total. The van der Waals surface area contributed by atoms with Crippen LogP contribution < -0.4 is 0 Å². The second-order valence-electron chi connectivity index (χ2n) is 5.63. The van der Waals surface area contributed by atoms with Crippen molar-refractivity contribution in [3.63, 3.8) is 0 Å². The molecule has 1 aliphatic heterocycles. The van der Waals surface area contributed by atoms with Crippen LogP contribution in [0.5, 0.6) is 0 Å². The molecule has 1 atom stereocenters. The van der Waals surface area contributed by atoms with Gasteiger partial charge in [-0.2, -0.15) is 0 Å². The van der Waals surface area contributed by atoms with Crippen molar-refractivity contribution in [3.05, 3.63) is 0 Å². The van der Waals surface area contributed by atoms with Crippen LogP contribution in [0, 0.1) is 0 Å². The molecule has 0 amide bonds. The number of ether oxygens (including phenoxy) is 2. The lowest BCUT2D eigenvalue weighted by molar-refractivity contribution is -0.141. The molecular formula is C15H29NO4. The fourth-order valence-corrected chi connectivity index (χ4v) is 2.55. The van der Waals surface area contributed by atoms with E-state index in [4.69, 9.17) is 9.47 Å². The maximum absolute atomic E-state index is 11.3. The second kappa shape index (κ2) is 8.60. The van der Waals surface area contributed by atoms with Crippen LogP contribution in [0.25, 0.3) is 0 Å². The number of hydrogen-bond donors (Lipinski definition) is 1. The minimum Gasteiger partial charge on any atom is -0.469 e. The third-order valence-electron chi connectivity index (χ3n) is 4.18. The third-order valence-corrected chi connectivity index (χ3v) is 4.18. The molecule has 5 nitrogen and oxygen atoms in total. The van der Waals surface area contributed by atoms with Crippen molar-refractivity contribution >= 4 is 5.97 Å². The first-order valence-electron chi connectivity index (χ1n) is 7.66. The first kappa shape index (κ1) is 17.4. The van der Waals surface area contributed by atoms with Gasteiger partial charge in [0, 0.05) is 26.2 Å². The Morgan fingerprint density at radius 3 is 2.65 bits per heavy atom. The number of nitrogens with zero attached hydrogens (tertiary/aromatic N) is 1. The zero-order valence-corrected chi connectivity index (χ0v) is 13.1. The molecule has 5 heteroatoms. The molecule has 0 spiro atoms. The molecule has 1 heterocycles. The zero-order chi connectivity index (χ0) is 15.0. The summed E-state index contributed by atoms with van der Waals surface area (Å²) in [6, 6.07) is 0. The van der Waals surface area contributed by atoms with Crippen LogP contribution in [-0.2, 0) is 14.3 Å². The van der Waals surface area contributed by atoms with Crippen molar-refractivity contribution in [2.24, 2.45) is 0 Å². The molecule has 0 radical (unpaired) electrons. The summed E-state index contributed by atoms with van der Waals surface area (Å²) in [6.07, 6.45) is 4.16. The van der Waals surface area contributed by atoms with Gasteiger partial charge < -0.3 is 14.6 Å². The Balaban J connectivity index is 2.54. The summed E-state index contributed by atoms with van der Waals surface area (Å²) in [4.78, 5) is 13.5. The molecule has 1 unspecified atom stereocenters. The molecule has 1 saturated heterocycles. The Kier molecular flexibility index (Phi) is 7.48. The van der Waals surface area contributed by atoms with Crippen molar-refractivity contribution in [2.75, 3.05) is 33.4 Å². The Morgan fingerprint density at radius 2 is 2.15 bits per heavy atom. The summed E-state index contributed by atoms with van der Waals surface area (Å²) in [5.41, 5.74) is -0.686. The Morgan fingerprint density at radius 1 is 1.45 bits per heavy atom.